The third-order valence-corrected chi connectivity index (χ3v) is 5.26. The second-order valence-corrected chi connectivity index (χ2v) is 7.82. The summed E-state index contributed by atoms with van der Waals surface area (Å²) in [6.45, 7) is 8.84. The third-order valence-electron chi connectivity index (χ3n) is 4.92. The minimum absolute atomic E-state index is 0.00329. The van der Waals surface area contributed by atoms with E-state index in [4.69, 9.17) is 17.0 Å². The van der Waals surface area contributed by atoms with Crippen molar-refractivity contribution in [2.45, 2.75) is 46.3 Å². The van der Waals surface area contributed by atoms with Crippen LogP contribution in [0.15, 0.2) is 65.9 Å². The zero-order valence-electron chi connectivity index (χ0n) is 17.4. The molecule has 1 unspecified atom stereocenters. The fourth-order valence-corrected chi connectivity index (χ4v) is 3.97. The van der Waals surface area contributed by atoms with Crippen LogP contribution in [0.4, 0.5) is 0 Å². The number of allylic oxidation sites excluding steroid dienone is 1. The maximum absolute atomic E-state index is 13.6. The second-order valence-electron chi connectivity index (χ2n) is 7.43. The van der Waals surface area contributed by atoms with Crippen LogP contribution in [0.5, 0.6) is 5.75 Å². The van der Waals surface area contributed by atoms with Crippen molar-refractivity contribution in [3.05, 3.63) is 77.0 Å². The fourth-order valence-electron chi connectivity index (χ4n) is 3.63. The number of hydrogen-bond acceptors (Lipinski definition) is 3. The molecule has 1 aliphatic rings. The Morgan fingerprint density at radius 3 is 2.45 bits per heavy atom. The highest BCUT2D eigenvalue weighted by atomic mass is 32.1. The molecule has 3 rings (SSSR count). The number of ketones is 1. The normalized spacial score (nSPS) is 16.8. The van der Waals surface area contributed by atoms with E-state index in [1.54, 1.807) is 0 Å². The molecule has 1 N–H and O–H groups in total. The average molecular weight is 409 g/mol. The topological polar surface area (TPSA) is 41.6 Å². The molecule has 2 aromatic carbocycles. The minimum Gasteiger partial charge on any atom is -0.491 e. The minimum atomic E-state index is -0.363. The van der Waals surface area contributed by atoms with Crippen LogP contribution in [0.1, 0.15) is 56.1 Å². The molecular weight excluding hydrogens is 380 g/mol. The lowest BCUT2D eigenvalue weighted by atomic mass is 9.88. The molecule has 0 saturated carbocycles. The van der Waals surface area contributed by atoms with Crippen LogP contribution in [0.25, 0.3) is 0 Å². The first-order valence-electron chi connectivity index (χ1n) is 10.1. The van der Waals surface area contributed by atoms with Crippen molar-refractivity contribution in [3.8, 4) is 5.75 Å². The van der Waals surface area contributed by atoms with Gasteiger partial charge in [-0.05, 0) is 45.5 Å². The van der Waals surface area contributed by atoms with E-state index in [0.717, 1.165) is 30.0 Å². The number of rotatable bonds is 7. The predicted octanol–water partition coefficient (Wildman–Crippen LogP) is 5.27. The summed E-state index contributed by atoms with van der Waals surface area (Å²) in [5, 5.41) is 4.05. The largest absolute Gasteiger partial charge is 0.491 e. The van der Waals surface area contributed by atoms with Gasteiger partial charge in [-0.25, -0.2) is 0 Å². The number of benzene rings is 2. The van der Waals surface area contributed by atoms with Gasteiger partial charge in [0, 0.05) is 28.9 Å². The monoisotopic (exact) mass is 408 g/mol. The summed E-state index contributed by atoms with van der Waals surface area (Å²) < 4.78 is 6.05. The molecule has 0 bridgehead atoms. The molecule has 152 valence electrons. The number of carbonyl (C=O) groups is 1. The Bertz CT molecular complexity index is 921. The van der Waals surface area contributed by atoms with Gasteiger partial charge in [0.25, 0.3) is 0 Å². The molecule has 1 aliphatic heterocycles. The number of Topliss-reactive ketones (excluding diaryl/α,β-unsaturated/α-hetero) is 1. The number of hydrogen-bond donors (Lipinski definition) is 1. The summed E-state index contributed by atoms with van der Waals surface area (Å²) in [6, 6.07) is 16.9. The highest BCUT2D eigenvalue weighted by Gasteiger charge is 2.35. The molecule has 0 amide bonds. The van der Waals surface area contributed by atoms with Gasteiger partial charge in [-0.15, -0.1) is 0 Å². The lowest BCUT2D eigenvalue weighted by molar-refractivity contribution is 0.102. The molecular formula is C24H28N2O2S. The van der Waals surface area contributed by atoms with E-state index in [9.17, 15) is 4.79 Å². The van der Waals surface area contributed by atoms with Crippen molar-refractivity contribution in [2.75, 3.05) is 6.54 Å². The zero-order valence-corrected chi connectivity index (χ0v) is 18.3. The molecule has 0 radical (unpaired) electrons. The Morgan fingerprint density at radius 2 is 1.79 bits per heavy atom. The van der Waals surface area contributed by atoms with E-state index in [0.29, 0.717) is 16.2 Å². The zero-order chi connectivity index (χ0) is 21.0. The van der Waals surface area contributed by atoms with E-state index < -0.39 is 0 Å². The van der Waals surface area contributed by atoms with Crippen LogP contribution in [0.2, 0.25) is 0 Å². The molecule has 0 saturated heterocycles. The molecule has 2 aromatic rings. The molecule has 0 spiro atoms. The molecule has 0 aliphatic carbocycles. The molecule has 1 atom stereocenters. The van der Waals surface area contributed by atoms with Crippen molar-refractivity contribution >= 4 is 23.1 Å². The number of ether oxygens (including phenoxy) is 1. The molecule has 0 aromatic heterocycles. The quantitative estimate of drug-likeness (QED) is 0.499. The van der Waals surface area contributed by atoms with Gasteiger partial charge in [0.05, 0.1) is 12.1 Å². The van der Waals surface area contributed by atoms with Crippen LogP contribution in [0, 0.1) is 0 Å². The van der Waals surface area contributed by atoms with Crippen LogP contribution >= 0.6 is 12.2 Å². The molecule has 1 heterocycles. The van der Waals surface area contributed by atoms with Gasteiger partial charge in [-0.1, -0.05) is 55.5 Å². The standard InChI is InChI=1S/C24H28N2O2S/c1-5-15-26-17(4)21(23(27)18-11-7-6-8-12-18)22(25-24(26)29)19-13-9-10-14-20(19)28-16(2)3/h6-14,16,22H,5,15H2,1-4H3,(H,25,29). The summed E-state index contributed by atoms with van der Waals surface area (Å²) >= 11 is 5.66. The van der Waals surface area contributed by atoms with Crippen molar-refractivity contribution < 1.29 is 9.53 Å². The van der Waals surface area contributed by atoms with Crippen LogP contribution in [-0.4, -0.2) is 28.4 Å². The van der Waals surface area contributed by atoms with Crippen molar-refractivity contribution in [1.82, 2.24) is 10.2 Å². The number of para-hydroxylation sites is 1. The maximum atomic E-state index is 13.6. The van der Waals surface area contributed by atoms with Gasteiger partial charge in [0.2, 0.25) is 0 Å². The second kappa shape index (κ2) is 9.23. The molecule has 4 nitrogen and oxygen atoms in total. The van der Waals surface area contributed by atoms with E-state index >= 15 is 0 Å². The Morgan fingerprint density at radius 1 is 1.14 bits per heavy atom. The van der Waals surface area contributed by atoms with E-state index in [-0.39, 0.29) is 17.9 Å². The van der Waals surface area contributed by atoms with Crippen LogP contribution in [0.3, 0.4) is 0 Å². The highest BCUT2D eigenvalue weighted by molar-refractivity contribution is 7.80. The Labute approximate surface area is 178 Å². The van der Waals surface area contributed by atoms with E-state index in [1.807, 2.05) is 80.3 Å². The third kappa shape index (κ3) is 4.51. The van der Waals surface area contributed by atoms with Gasteiger partial charge in [-0.2, -0.15) is 0 Å². The number of carbonyl (C=O) groups excluding carboxylic acids is 1. The Kier molecular flexibility index (Phi) is 6.70. The number of nitrogens with zero attached hydrogens (tertiary/aromatic N) is 1. The average Bonchev–Trinajstić information content (AvgIpc) is 2.71. The van der Waals surface area contributed by atoms with Gasteiger partial charge in [0.15, 0.2) is 10.9 Å². The summed E-state index contributed by atoms with van der Waals surface area (Å²) in [5.41, 5.74) is 3.19. The highest BCUT2D eigenvalue weighted by Crippen LogP contribution is 2.37. The lowest BCUT2D eigenvalue weighted by Gasteiger charge is -2.38. The van der Waals surface area contributed by atoms with Crippen molar-refractivity contribution in [1.29, 1.82) is 0 Å². The van der Waals surface area contributed by atoms with Crippen LogP contribution in [-0.2, 0) is 0 Å². The maximum Gasteiger partial charge on any atom is 0.193 e. The molecule has 0 fully saturated rings. The summed E-state index contributed by atoms with van der Waals surface area (Å²) in [6.07, 6.45) is 0.963. The number of nitrogens with one attached hydrogen (secondary N) is 1. The van der Waals surface area contributed by atoms with Gasteiger partial charge in [0.1, 0.15) is 5.75 Å². The van der Waals surface area contributed by atoms with Gasteiger partial charge >= 0.3 is 0 Å². The van der Waals surface area contributed by atoms with Crippen molar-refractivity contribution in [2.24, 2.45) is 0 Å². The summed E-state index contributed by atoms with van der Waals surface area (Å²) in [4.78, 5) is 15.6. The first-order valence-corrected chi connectivity index (χ1v) is 10.5. The van der Waals surface area contributed by atoms with Gasteiger partial charge < -0.3 is 15.0 Å². The molecule has 29 heavy (non-hydrogen) atoms. The smallest absolute Gasteiger partial charge is 0.193 e. The van der Waals surface area contributed by atoms with E-state index in [1.165, 1.54) is 0 Å². The lowest BCUT2D eigenvalue weighted by Crippen LogP contribution is -2.48. The van der Waals surface area contributed by atoms with E-state index in [2.05, 4.69) is 12.2 Å². The van der Waals surface area contributed by atoms with Crippen LogP contribution < -0.4 is 10.1 Å². The summed E-state index contributed by atoms with van der Waals surface area (Å²) in [7, 11) is 0. The molecule has 5 heteroatoms. The summed E-state index contributed by atoms with van der Waals surface area (Å²) in [5.74, 6) is 0.765. The first-order chi connectivity index (χ1) is 13.9. The van der Waals surface area contributed by atoms with Gasteiger partial charge in [-0.3, -0.25) is 4.79 Å². The Hall–Kier alpha value is -2.66. The predicted molar refractivity (Wildman–Crippen MR) is 121 cm³/mol. The number of thiocarbonyl (C=S) groups is 1. The SMILES string of the molecule is CCCN1C(=S)NC(c2ccccc2OC(C)C)C(C(=O)c2ccccc2)=C1C. The van der Waals surface area contributed by atoms with Crippen molar-refractivity contribution in [3.63, 3.8) is 0 Å². The first kappa shape index (κ1) is 21.1. The fraction of sp³-hybridized carbons (Fsp3) is 0.333. The Balaban J connectivity index is 2.15.